The first-order valence-electron chi connectivity index (χ1n) is 10.8. The molecule has 2 fully saturated rings. The van der Waals surface area contributed by atoms with Gasteiger partial charge in [0.1, 0.15) is 0 Å². The molecule has 2 atom stereocenters. The van der Waals surface area contributed by atoms with Crippen molar-refractivity contribution in [1.82, 2.24) is 25.7 Å². The van der Waals surface area contributed by atoms with E-state index in [0.717, 1.165) is 30.9 Å². The van der Waals surface area contributed by atoms with Crippen LogP contribution in [0.3, 0.4) is 0 Å². The van der Waals surface area contributed by atoms with Gasteiger partial charge >= 0.3 is 0 Å². The molecule has 1 aliphatic carbocycles. The number of aromatic nitrogens is 2. The molecule has 0 aromatic carbocycles. The largest absolute Gasteiger partial charge is 0.483 e. The lowest BCUT2D eigenvalue weighted by atomic mass is 10.1. The van der Waals surface area contributed by atoms with Crippen LogP contribution in [-0.2, 0) is 16.1 Å². The van der Waals surface area contributed by atoms with E-state index < -0.39 is 0 Å². The third kappa shape index (κ3) is 7.16. The highest BCUT2D eigenvalue weighted by Crippen LogP contribution is 2.35. The fraction of sp³-hybridized carbons (Fsp3) is 0.500. The maximum Gasteiger partial charge on any atom is 0.290 e. The summed E-state index contributed by atoms with van der Waals surface area (Å²) in [5.41, 5.74) is 0.995. The molecule has 4 rings (SSSR count). The van der Waals surface area contributed by atoms with Gasteiger partial charge in [0.05, 0.1) is 6.20 Å². The Morgan fingerprint density at radius 1 is 1.16 bits per heavy atom. The maximum atomic E-state index is 12.5. The van der Waals surface area contributed by atoms with Crippen molar-refractivity contribution in [3.8, 4) is 0 Å². The summed E-state index contributed by atoms with van der Waals surface area (Å²) in [4.78, 5) is 39.5. The average Bonchev–Trinajstić information content (AvgIpc) is 3.30. The molecule has 2 aliphatic rings. The normalized spacial score (nSPS) is 20.1. The smallest absolute Gasteiger partial charge is 0.290 e. The third-order valence-electron chi connectivity index (χ3n) is 5.73. The minimum atomic E-state index is -0.250. The molecule has 3 heterocycles. The number of carboxylic acid groups (broad SMARTS) is 1. The van der Waals surface area contributed by atoms with Crippen LogP contribution in [-0.4, -0.2) is 63.6 Å². The fourth-order valence-corrected chi connectivity index (χ4v) is 3.97. The van der Waals surface area contributed by atoms with Crippen molar-refractivity contribution in [2.45, 2.75) is 50.7 Å². The maximum absolute atomic E-state index is 12.5. The number of likely N-dealkylation sites (tertiary alicyclic amines) is 1. The van der Waals surface area contributed by atoms with Gasteiger partial charge in [0, 0.05) is 56.6 Å². The molecule has 1 saturated heterocycles. The van der Waals surface area contributed by atoms with Crippen LogP contribution < -0.4 is 10.6 Å². The van der Waals surface area contributed by atoms with Crippen LogP contribution in [0.4, 0.5) is 0 Å². The van der Waals surface area contributed by atoms with Gasteiger partial charge in [-0.25, -0.2) is 0 Å². The number of amides is 2. The Morgan fingerprint density at radius 2 is 1.94 bits per heavy atom. The Labute approximate surface area is 186 Å². The third-order valence-corrected chi connectivity index (χ3v) is 5.73. The highest BCUT2D eigenvalue weighted by molar-refractivity contribution is 5.91. The number of hydrogen-bond donors (Lipinski definition) is 3. The van der Waals surface area contributed by atoms with Gasteiger partial charge in [-0.3, -0.25) is 24.3 Å². The van der Waals surface area contributed by atoms with Gasteiger partial charge in [0.25, 0.3) is 12.4 Å². The Balaban J connectivity index is 0.000000913. The van der Waals surface area contributed by atoms with E-state index in [9.17, 15) is 9.59 Å². The summed E-state index contributed by atoms with van der Waals surface area (Å²) in [5, 5.41) is 16.4. The number of carbonyl (C=O) groups excluding carboxylic acids is 2. The fourth-order valence-electron chi connectivity index (χ4n) is 3.97. The molecule has 32 heavy (non-hydrogen) atoms. The summed E-state index contributed by atoms with van der Waals surface area (Å²) >= 11 is 0. The van der Waals surface area contributed by atoms with E-state index in [1.807, 2.05) is 12.1 Å². The lowest BCUT2D eigenvalue weighted by Crippen LogP contribution is -2.45. The highest BCUT2D eigenvalue weighted by atomic mass is 16.5. The molecular weight excluding hydrogens is 414 g/mol. The molecule has 2 aromatic heterocycles. The molecule has 3 N–H and O–H groups in total. The lowest BCUT2D eigenvalue weighted by Gasteiger charge is -2.30. The molecule has 0 bridgehead atoms. The zero-order valence-electron chi connectivity index (χ0n) is 17.9. The zero-order valence-corrected chi connectivity index (χ0v) is 17.9. The zero-order chi connectivity index (χ0) is 22.8. The first-order chi connectivity index (χ1) is 15.6. The van der Waals surface area contributed by atoms with Gasteiger partial charge in [0.2, 0.25) is 11.7 Å². The minimum Gasteiger partial charge on any atom is -0.483 e. The van der Waals surface area contributed by atoms with Crippen LogP contribution in [0.5, 0.6) is 0 Å². The lowest BCUT2D eigenvalue weighted by molar-refractivity contribution is -0.123. The van der Waals surface area contributed by atoms with Crippen molar-refractivity contribution in [3.05, 3.63) is 48.1 Å². The number of carbonyl (C=O) groups is 3. The Morgan fingerprint density at radius 3 is 2.59 bits per heavy atom. The molecular formula is C22H29N5O5. The summed E-state index contributed by atoms with van der Waals surface area (Å²) in [6, 6.07) is 5.85. The molecule has 1 saturated carbocycles. The summed E-state index contributed by atoms with van der Waals surface area (Å²) in [6.07, 6.45) is 9.90. The number of rotatable bonds is 9. The van der Waals surface area contributed by atoms with Gasteiger partial charge in [0.15, 0.2) is 0 Å². The van der Waals surface area contributed by atoms with Crippen molar-refractivity contribution < 1.29 is 24.0 Å². The SMILES string of the molecule is O=C(C[C@H]1CC[C@@H](CNC(=O)c2ccno2)N1CC1CC1)NCc1cccnc1.O=CO. The molecule has 172 valence electrons. The Bertz CT molecular complexity index is 857. The van der Waals surface area contributed by atoms with E-state index in [2.05, 4.69) is 25.7 Å². The van der Waals surface area contributed by atoms with E-state index in [0.29, 0.717) is 19.5 Å². The average molecular weight is 444 g/mol. The molecule has 1 aliphatic heterocycles. The molecule has 0 radical (unpaired) electrons. The van der Waals surface area contributed by atoms with Crippen molar-refractivity contribution >= 4 is 18.3 Å². The van der Waals surface area contributed by atoms with Gasteiger partial charge in [-0.05, 0) is 43.2 Å². The molecule has 2 amide bonds. The predicted octanol–water partition coefficient (Wildman–Crippen LogP) is 1.45. The summed E-state index contributed by atoms with van der Waals surface area (Å²) < 4.78 is 4.92. The number of pyridine rings is 1. The second-order valence-electron chi connectivity index (χ2n) is 8.06. The first kappa shape index (κ1) is 23.4. The summed E-state index contributed by atoms with van der Waals surface area (Å²) in [6.45, 7) is 1.81. The minimum absolute atomic E-state index is 0.0611. The molecule has 10 nitrogen and oxygen atoms in total. The van der Waals surface area contributed by atoms with Crippen molar-refractivity contribution in [2.75, 3.05) is 13.1 Å². The van der Waals surface area contributed by atoms with E-state index in [1.54, 1.807) is 18.5 Å². The summed E-state index contributed by atoms with van der Waals surface area (Å²) in [7, 11) is 0. The monoisotopic (exact) mass is 443 g/mol. The molecule has 0 unspecified atom stereocenters. The summed E-state index contributed by atoms with van der Waals surface area (Å²) in [5.74, 6) is 0.766. The Hall–Kier alpha value is -3.27. The van der Waals surface area contributed by atoms with E-state index in [4.69, 9.17) is 14.4 Å². The number of hydrogen-bond acceptors (Lipinski definition) is 7. The molecule has 10 heteroatoms. The second kappa shape index (κ2) is 11.9. The van der Waals surface area contributed by atoms with Gasteiger partial charge in [-0.15, -0.1) is 0 Å². The standard InChI is InChI=1S/C21H27N5O3.CH2O2/c27-20(23-12-16-2-1-8-22-11-16)10-17-5-6-18(26(17)14-15-3-4-15)13-24-21(28)19-7-9-25-29-19;2-1-3/h1-2,7-9,11,15,17-18H,3-6,10,12-14H2,(H,23,27)(H,24,28);1H,(H,2,3)/t17-,18+;/m1./s1. The number of nitrogens with zero attached hydrogens (tertiary/aromatic N) is 3. The highest BCUT2D eigenvalue weighted by Gasteiger charge is 2.38. The van der Waals surface area contributed by atoms with Crippen LogP contribution in [0.2, 0.25) is 0 Å². The van der Waals surface area contributed by atoms with Crippen LogP contribution >= 0.6 is 0 Å². The van der Waals surface area contributed by atoms with Crippen molar-refractivity contribution in [2.24, 2.45) is 5.92 Å². The quantitative estimate of drug-likeness (QED) is 0.495. The second-order valence-corrected chi connectivity index (χ2v) is 8.06. The van der Waals surface area contributed by atoms with Crippen molar-refractivity contribution in [3.63, 3.8) is 0 Å². The molecule has 2 aromatic rings. The van der Waals surface area contributed by atoms with Gasteiger partial charge in [-0.1, -0.05) is 11.2 Å². The number of nitrogens with one attached hydrogen (secondary N) is 2. The topological polar surface area (TPSA) is 138 Å². The molecule has 0 spiro atoms. The van der Waals surface area contributed by atoms with Crippen LogP contribution in [0, 0.1) is 5.92 Å². The predicted molar refractivity (Wildman–Crippen MR) is 114 cm³/mol. The van der Waals surface area contributed by atoms with Crippen LogP contribution in [0.1, 0.15) is 48.2 Å². The first-order valence-corrected chi connectivity index (χ1v) is 10.8. The van der Waals surface area contributed by atoms with Crippen LogP contribution in [0.25, 0.3) is 0 Å². The van der Waals surface area contributed by atoms with Crippen molar-refractivity contribution in [1.29, 1.82) is 0 Å². The van der Waals surface area contributed by atoms with E-state index >= 15 is 0 Å². The van der Waals surface area contributed by atoms with Crippen LogP contribution in [0.15, 0.2) is 41.3 Å². The van der Waals surface area contributed by atoms with E-state index in [-0.39, 0.29) is 36.1 Å². The van der Waals surface area contributed by atoms with E-state index in [1.165, 1.54) is 19.0 Å². The van der Waals surface area contributed by atoms with Gasteiger partial charge in [-0.2, -0.15) is 0 Å². The Kier molecular flexibility index (Phi) is 8.73. The van der Waals surface area contributed by atoms with Gasteiger partial charge < -0.3 is 20.3 Å².